The SMILES string of the molecule is CCC[C@H]1CC1(NC(=O)[C@@H]1C2C(CN1C(=O)[C@@H](NC(=O)N[C@H](CN1C(=O)CC(C)(C)CC1=O)C(C)(C)C)C(C)(C)C)C2(C)C)C(=O)C(=O)NC1CC1. The van der Waals surface area contributed by atoms with Crippen LogP contribution < -0.4 is 21.3 Å². The molecule has 2 aliphatic heterocycles. The number of ketones is 1. The second kappa shape index (κ2) is 13.4. The van der Waals surface area contributed by atoms with Crippen LogP contribution in [0.1, 0.15) is 121 Å². The summed E-state index contributed by atoms with van der Waals surface area (Å²) in [5.74, 6) is -2.93. The van der Waals surface area contributed by atoms with Crippen molar-refractivity contribution in [2.45, 2.75) is 151 Å². The van der Waals surface area contributed by atoms with Crippen molar-refractivity contribution >= 4 is 41.4 Å². The fraction of sp³-hybridized carbons (Fsp3) is 0.821. The second-order valence-corrected chi connectivity index (χ2v) is 19.9. The van der Waals surface area contributed by atoms with Crippen molar-refractivity contribution in [2.24, 2.45) is 39.4 Å². The predicted octanol–water partition coefficient (Wildman–Crippen LogP) is 3.30. The number of hydrogen-bond donors (Lipinski definition) is 4. The first kappa shape index (κ1) is 39.7. The molecule has 7 amide bonds. The van der Waals surface area contributed by atoms with Crippen molar-refractivity contribution in [3.8, 4) is 0 Å². The quantitative estimate of drug-likeness (QED) is 0.176. The van der Waals surface area contributed by atoms with E-state index in [9.17, 15) is 33.6 Å². The molecule has 4 N–H and O–H groups in total. The maximum atomic E-state index is 14.6. The van der Waals surface area contributed by atoms with Crippen LogP contribution in [0.25, 0.3) is 0 Å². The number of amides is 7. The zero-order chi connectivity index (χ0) is 38.9. The molecule has 0 radical (unpaired) electrons. The lowest BCUT2D eigenvalue weighted by molar-refractivity contribution is -0.153. The molecule has 3 aliphatic carbocycles. The minimum Gasteiger partial charge on any atom is -0.347 e. The number of fused-ring (bicyclic) bond motifs is 1. The van der Waals surface area contributed by atoms with Crippen LogP contribution in [0.15, 0.2) is 0 Å². The van der Waals surface area contributed by atoms with Crippen LogP contribution in [0, 0.1) is 39.4 Å². The standard InChI is InChI=1S/C39H62N6O7/c1-12-13-21-16-39(21,30(48)32(50)40-22-14-15-22)43-31(49)28-27-23(38(27,10)11)19-45(28)33(51)29(36(5,6)7)42-34(52)41-24(35(2,3)4)20-44-25(46)17-37(8,9)18-26(44)47/h21-24,27-29H,12-20H2,1-11H3,(H,40,50)(H,43,49)(H2,41,42,52)/t21-,23?,24+,27?,28-,29+,39?/m0/s1. The van der Waals surface area contributed by atoms with Gasteiger partial charge in [-0.1, -0.05) is 82.6 Å². The van der Waals surface area contributed by atoms with Crippen LogP contribution in [-0.2, 0) is 28.8 Å². The summed E-state index contributed by atoms with van der Waals surface area (Å²) in [6, 6.07) is -3.14. The molecule has 5 fully saturated rings. The van der Waals surface area contributed by atoms with E-state index in [-0.39, 0.29) is 60.4 Å². The normalized spacial score (nSPS) is 30.1. The topological polar surface area (TPSA) is 174 Å². The van der Waals surface area contributed by atoms with Gasteiger partial charge in [0.2, 0.25) is 29.4 Å². The highest BCUT2D eigenvalue weighted by atomic mass is 16.2. The van der Waals surface area contributed by atoms with Gasteiger partial charge in [-0.25, -0.2) is 4.79 Å². The van der Waals surface area contributed by atoms with Crippen molar-refractivity contribution in [3.05, 3.63) is 0 Å². The summed E-state index contributed by atoms with van der Waals surface area (Å²) in [5, 5.41) is 11.6. The molecular formula is C39H62N6O7. The Hall–Kier alpha value is -3.51. The minimum absolute atomic E-state index is 0.00316. The number of Topliss-reactive ketones (excluding diaryl/α,β-unsaturated/α-hetero) is 1. The van der Waals surface area contributed by atoms with E-state index in [1.165, 1.54) is 4.90 Å². The van der Waals surface area contributed by atoms with Crippen molar-refractivity contribution in [3.63, 3.8) is 0 Å². The molecule has 3 unspecified atom stereocenters. The fourth-order valence-corrected chi connectivity index (χ4v) is 8.58. The van der Waals surface area contributed by atoms with Crippen LogP contribution in [0.4, 0.5) is 4.79 Å². The highest BCUT2D eigenvalue weighted by molar-refractivity contribution is 6.41. The largest absolute Gasteiger partial charge is 0.347 e. The van der Waals surface area contributed by atoms with E-state index in [0.29, 0.717) is 19.4 Å². The van der Waals surface area contributed by atoms with Gasteiger partial charge in [-0.2, -0.15) is 0 Å². The predicted molar refractivity (Wildman–Crippen MR) is 194 cm³/mol. The summed E-state index contributed by atoms with van der Waals surface area (Å²) < 4.78 is 0. The number of urea groups is 1. The highest BCUT2D eigenvalue weighted by Gasteiger charge is 2.71. The third-order valence-corrected chi connectivity index (χ3v) is 12.3. The first-order valence-electron chi connectivity index (χ1n) is 19.2. The maximum Gasteiger partial charge on any atom is 0.315 e. The number of piperidine rings is 2. The van der Waals surface area contributed by atoms with E-state index in [0.717, 1.165) is 19.3 Å². The van der Waals surface area contributed by atoms with Gasteiger partial charge in [0.25, 0.3) is 5.91 Å². The molecule has 13 nitrogen and oxygen atoms in total. The molecule has 13 heteroatoms. The van der Waals surface area contributed by atoms with E-state index < -0.39 is 69.4 Å². The van der Waals surface area contributed by atoms with Gasteiger partial charge < -0.3 is 26.2 Å². The molecule has 0 aromatic heterocycles. The zero-order valence-corrected chi connectivity index (χ0v) is 33.2. The third-order valence-electron chi connectivity index (χ3n) is 12.3. The first-order valence-corrected chi connectivity index (χ1v) is 19.2. The number of likely N-dealkylation sites (tertiary alicyclic amines) is 2. The van der Waals surface area contributed by atoms with Gasteiger partial charge in [0.05, 0.1) is 6.04 Å². The Morgan fingerprint density at radius 2 is 1.48 bits per heavy atom. The van der Waals surface area contributed by atoms with Gasteiger partial charge in [0.1, 0.15) is 17.6 Å². The van der Waals surface area contributed by atoms with Crippen LogP contribution in [0.5, 0.6) is 0 Å². The van der Waals surface area contributed by atoms with Crippen LogP contribution in [-0.4, -0.2) is 93.9 Å². The zero-order valence-electron chi connectivity index (χ0n) is 33.2. The smallest absolute Gasteiger partial charge is 0.315 e. The van der Waals surface area contributed by atoms with E-state index in [2.05, 4.69) is 35.1 Å². The van der Waals surface area contributed by atoms with Crippen molar-refractivity contribution in [1.82, 2.24) is 31.1 Å². The Morgan fingerprint density at radius 3 is 2.00 bits per heavy atom. The Morgan fingerprint density at radius 1 is 0.885 bits per heavy atom. The van der Waals surface area contributed by atoms with Crippen molar-refractivity contribution < 1.29 is 33.6 Å². The van der Waals surface area contributed by atoms with E-state index in [1.54, 1.807) is 4.90 Å². The number of carbonyl (C=O) groups excluding carboxylic acids is 7. The lowest BCUT2D eigenvalue weighted by Gasteiger charge is -2.41. The van der Waals surface area contributed by atoms with Gasteiger partial charge in [-0.3, -0.25) is 33.7 Å². The van der Waals surface area contributed by atoms with Crippen molar-refractivity contribution in [2.75, 3.05) is 13.1 Å². The van der Waals surface area contributed by atoms with Gasteiger partial charge >= 0.3 is 6.03 Å². The van der Waals surface area contributed by atoms with E-state index in [4.69, 9.17) is 0 Å². The molecule has 2 heterocycles. The minimum atomic E-state index is -1.28. The Balaban J connectivity index is 1.33. The average molecular weight is 727 g/mol. The first-order chi connectivity index (χ1) is 23.8. The molecule has 2 saturated heterocycles. The van der Waals surface area contributed by atoms with E-state index in [1.807, 2.05) is 62.3 Å². The van der Waals surface area contributed by atoms with Gasteiger partial charge in [-0.15, -0.1) is 0 Å². The number of nitrogens with one attached hydrogen (secondary N) is 4. The van der Waals surface area contributed by atoms with Gasteiger partial charge in [-0.05, 0) is 65.1 Å². The molecule has 5 rings (SSSR count). The molecule has 0 aromatic carbocycles. The Bertz CT molecular complexity index is 1500. The van der Waals surface area contributed by atoms with Crippen molar-refractivity contribution in [1.29, 1.82) is 0 Å². The molecule has 290 valence electrons. The lowest BCUT2D eigenvalue weighted by Crippen LogP contribution is -2.63. The molecular weight excluding hydrogens is 664 g/mol. The molecule has 7 atom stereocenters. The summed E-state index contributed by atoms with van der Waals surface area (Å²) in [5.41, 5.74) is -3.22. The van der Waals surface area contributed by atoms with E-state index >= 15 is 0 Å². The summed E-state index contributed by atoms with van der Waals surface area (Å²) in [6.45, 7) is 21.5. The fourth-order valence-electron chi connectivity index (χ4n) is 8.58. The van der Waals surface area contributed by atoms with Gasteiger partial charge in [0.15, 0.2) is 0 Å². The average Bonchev–Trinajstić information content (AvgIpc) is 3.95. The molecule has 0 spiro atoms. The summed E-state index contributed by atoms with van der Waals surface area (Å²) in [4.78, 5) is 97.9. The molecule has 5 aliphatic rings. The number of imide groups is 1. The van der Waals surface area contributed by atoms with Crippen LogP contribution in [0.3, 0.4) is 0 Å². The summed E-state index contributed by atoms with van der Waals surface area (Å²) >= 11 is 0. The second-order valence-electron chi connectivity index (χ2n) is 19.9. The third kappa shape index (κ3) is 7.88. The monoisotopic (exact) mass is 726 g/mol. The summed E-state index contributed by atoms with van der Waals surface area (Å²) in [6.07, 6.45) is 4.00. The van der Waals surface area contributed by atoms with Crippen LogP contribution in [0.2, 0.25) is 0 Å². The summed E-state index contributed by atoms with van der Waals surface area (Å²) in [7, 11) is 0. The number of rotatable bonds is 12. The molecule has 0 aromatic rings. The molecule has 52 heavy (non-hydrogen) atoms. The maximum absolute atomic E-state index is 14.6. The van der Waals surface area contributed by atoms with Gasteiger partial charge in [0, 0.05) is 32.0 Å². The lowest BCUT2D eigenvalue weighted by atomic mass is 9.80. The molecule has 3 saturated carbocycles. The Labute approximate surface area is 308 Å². The highest BCUT2D eigenvalue weighted by Crippen LogP contribution is 2.65. The van der Waals surface area contributed by atoms with Crippen LogP contribution >= 0.6 is 0 Å². The number of hydrogen-bond acceptors (Lipinski definition) is 7. The molecule has 0 bridgehead atoms. The number of carbonyl (C=O) groups is 7. The Kier molecular flexibility index (Phi) is 10.2. The number of nitrogens with zero attached hydrogens (tertiary/aromatic N) is 2.